The van der Waals surface area contributed by atoms with E-state index < -0.39 is 10.0 Å². The summed E-state index contributed by atoms with van der Waals surface area (Å²) in [6, 6.07) is 8.41. The van der Waals surface area contributed by atoms with E-state index in [-0.39, 0.29) is 4.90 Å². The lowest BCUT2D eigenvalue weighted by molar-refractivity contribution is 0.433. The third kappa shape index (κ3) is 3.26. The molecule has 3 rings (SSSR count). The summed E-state index contributed by atoms with van der Waals surface area (Å²) in [5.74, 6) is 0.535. The molecule has 1 N–H and O–H groups in total. The first-order valence-electron chi connectivity index (χ1n) is 6.67. The second-order valence-corrected chi connectivity index (χ2v) is 8.31. The molecule has 0 unspecified atom stereocenters. The highest BCUT2D eigenvalue weighted by molar-refractivity contribution is 7.93. The summed E-state index contributed by atoms with van der Waals surface area (Å²) in [5, 5.41) is 3.99. The second kappa shape index (κ2) is 5.99. The number of anilines is 1. The zero-order chi connectivity index (χ0) is 16.6. The van der Waals surface area contributed by atoms with Crippen LogP contribution in [0.15, 0.2) is 45.9 Å². The Morgan fingerprint density at radius 2 is 2.00 bits per heavy atom. The molecule has 2 heterocycles. The molecule has 0 aliphatic carbocycles. The van der Waals surface area contributed by atoms with Crippen LogP contribution in [0.2, 0.25) is 5.02 Å². The minimum atomic E-state index is -3.74. The number of thiophene rings is 1. The number of nitrogens with zero attached hydrogens (tertiary/aromatic N) is 1. The Hall–Kier alpha value is -1.83. The van der Waals surface area contributed by atoms with Crippen LogP contribution in [0.3, 0.4) is 0 Å². The lowest BCUT2D eigenvalue weighted by Gasteiger charge is -2.09. The van der Waals surface area contributed by atoms with E-state index in [9.17, 15) is 8.42 Å². The van der Waals surface area contributed by atoms with Gasteiger partial charge in [0.25, 0.3) is 10.0 Å². The average Bonchev–Trinajstić information content (AvgIpc) is 3.11. The second-order valence-electron chi connectivity index (χ2n) is 5.00. The van der Waals surface area contributed by atoms with Crippen molar-refractivity contribution in [3.63, 3.8) is 0 Å². The van der Waals surface area contributed by atoms with Crippen LogP contribution in [0, 0.1) is 13.8 Å². The molecule has 0 saturated carbocycles. The van der Waals surface area contributed by atoms with Gasteiger partial charge in [0.1, 0.15) is 4.90 Å². The Labute approximate surface area is 142 Å². The van der Waals surface area contributed by atoms with Crippen molar-refractivity contribution in [2.45, 2.75) is 18.7 Å². The van der Waals surface area contributed by atoms with Crippen molar-refractivity contribution in [2.75, 3.05) is 4.72 Å². The SMILES string of the molecule is Cc1ccc(NS(=O)(=O)c2cc(-c3ccno3)sc2C)c(Cl)c1. The van der Waals surface area contributed by atoms with Gasteiger partial charge in [0.05, 0.1) is 21.8 Å². The number of halogens is 1. The predicted molar refractivity (Wildman–Crippen MR) is 91.6 cm³/mol. The monoisotopic (exact) mass is 368 g/mol. The zero-order valence-electron chi connectivity index (χ0n) is 12.3. The maximum absolute atomic E-state index is 12.6. The van der Waals surface area contributed by atoms with E-state index in [0.717, 1.165) is 5.56 Å². The Kier molecular flexibility index (Phi) is 4.18. The standard InChI is InChI=1S/C15H13ClN2O3S2/c1-9-3-4-12(11(16)7-9)18-23(19,20)15-8-14(22-10(15)2)13-5-6-17-21-13/h3-8,18H,1-2H3. The summed E-state index contributed by atoms with van der Waals surface area (Å²) < 4.78 is 32.9. The first-order chi connectivity index (χ1) is 10.9. The fourth-order valence-electron chi connectivity index (χ4n) is 2.10. The van der Waals surface area contributed by atoms with Crippen molar-refractivity contribution in [3.05, 3.63) is 52.0 Å². The molecule has 2 aromatic heterocycles. The molecule has 0 aliphatic rings. The smallest absolute Gasteiger partial charge is 0.263 e. The van der Waals surface area contributed by atoms with Crippen LogP contribution in [-0.4, -0.2) is 13.6 Å². The first kappa shape index (κ1) is 16.0. The molecule has 0 fully saturated rings. The van der Waals surface area contributed by atoms with Gasteiger partial charge < -0.3 is 4.52 Å². The minimum absolute atomic E-state index is 0.200. The Morgan fingerprint density at radius 3 is 2.65 bits per heavy atom. The summed E-state index contributed by atoms with van der Waals surface area (Å²) in [7, 11) is -3.74. The van der Waals surface area contributed by atoms with E-state index in [4.69, 9.17) is 16.1 Å². The molecule has 0 bridgehead atoms. The number of rotatable bonds is 4. The van der Waals surface area contributed by atoms with E-state index >= 15 is 0 Å². The van der Waals surface area contributed by atoms with Gasteiger partial charge in [-0.2, -0.15) is 0 Å². The highest BCUT2D eigenvalue weighted by Gasteiger charge is 2.22. The number of aromatic nitrogens is 1. The largest absolute Gasteiger partial charge is 0.355 e. The predicted octanol–water partition coefficient (Wildman–Crippen LogP) is 4.47. The summed E-state index contributed by atoms with van der Waals surface area (Å²) in [6.45, 7) is 3.63. The van der Waals surface area contributed by atoms with E-state index in [2.05, 4.69) is 9.88 Å². The molecule has 3 aromatic rings. The summed E-state index contributed by atoms with van der Waals surface area (Å²) in [6.07, 6.45) is 1.52. The van der Waals surface area contributed by atoms with E-state index in [1.165, 1.54) is 17.5 Å². The van der Waals surface area contributed by atoms with Crippen LogP contribution in [0.1, 0.15) is 10.4 Å². The van der Waals surface area contributed by atoms with Gasteiger partial charge in [-0.3, -0.25) is 4.72 Å². The van der Waals surface area contributed by atoms with Gasteiger partial charge in [0.2, 0.25) is 0 Å². The molecule has 0 aliphatic heterocycles. The number of hydrogen-bond donors (Lipinski definition) is 1. The fraction of sp³-hybridized carbons (Fsp3) is 0.133. The van der Waals surface area contributed by atoms with Crippen molar-refractivity contribution in [1.82, 2.24) is 5.16 Å². The number of sulfonamides is 1. The van der Waals surface area contributed by atoms with E-state index in [1.54, 1.807) is 37.3 Å². The number of hydrogen-bond acceptors (Lipinski definition) is 5. The lowest BCUT2D eigenvalue weighted by Crippen LogP contribution is -2.13. The molecule has 1 aromatic carbocycles. The number of nitrogens with one attached hydrogen (secondary N) is 1. The molecule has 8 heteroatoms. The van der Waals surface area contributed by atoms with Crippen molar-refractivity contribution >= 4 is 38.6 Å². The van der Waals surface area contributed by atoms with Crippen LogP contribution in [0.25, 0.3) is 10.6 Å². The summed E-state index contributed by atoms with van der Waals surface area (Å²) in [5.41, 5.74) is 1.31. The van der Waals surface area contributed by atoms with Gasteiger partial charge in [0, 0.05) is 10.9 Å². The summed E-state index contributed by atoms with van der Waals surface area (Å²) >= 11 is 7.43. The quantitative estimate of drug-likeness (QED) is 0.737. The van der Waals surface area contributed by atoms with Gasteiger partial charge in [-0.1, -0.05) is 22.8 Å². The van der Waals surface area contributed by atoms with E-state index in [1.807, 2.05) is 6.92 Å². The maximum Gasteiger partial charge on any atom is 0.263 e. The molecular formula is C15H13ClN2O3S2. The third-order valence-electron chi connectivity index (χ3n) is 3.21. The number of aryl methyl sites for hydroxylation is 2. The Morgan fingerprint density at radius 1 is 1.22 bits per heavy atom. The maximum atomic E-state index is 12.6. The van der Waals surface area contributed by atoms with E-state index in [0.29, 0.717) is 26.2 Å². The molecule has 0 radical (unpaired) electrons. The van der Waals surface area contributed by atoms with Crippen molar-refractivity contribution in [1.29, 1.82) is 0 Å². The molecule has 0 saturated heterocycles. The lowest BCUT2D eigenvalue weighted by atomic mass is 10.2. The highest BCUT2D eigenvalue weighted by atomic mass is 35.5. The molecular weight excluding hydrogens is 356 g/mol. The highest BCUT2D eigenvalue weighted by Crippen LogP contribution is 2.35. The summed E-state index contributed by atoms with van der Waals surface area (Å²) in [4.78, 5) is 1.56. The average molecular weight is 369 g/mol. The van der Waals surface area contributed by atoms with Gasteiger partial charge in [0.15, 0.2) is 5.76 Å². The molecule has 120 valence electrons. The fourth-order valence-corrected chi connectivity index (χ4v) is 5.07. The normalized spacial score (nSPS) is 11.6. The topological polar surface area (TPSA) is 72.2 Å². The van der Waals surface area contributed by atoms with Crippen LogP contribution in [0.5, 0.6) is 0 Å². The molecule has 5 nitrogen and oxygen atoms in total. The molecule has 0 spiro atoms. The zero-order valence-corrected chi connectivity index (χ0v) is 14.7. The van der Waals surface area contributed by atoms with Crippen molar-refractivity contribution in [2.24, 2.45) is 0 Å². The van der Waals surface area contributed by atoms with Crippen LogP contribution < -0.4 is 4.72 Å². The van der Waals surface area contributed by atoms with Crippen molar-refractivity contribution < 1.29 is 12.9 Å². The van der Waals surface area contributed by atoms with Gasteiger partial charge in [-0.25, -0.2) is 8.42 Å². The van der Waals surface area contributed by atoms with Crippen LogP contribution in [-0.2, 0) is 10.0 Å². The first-order valence-corrected chi connectivity index (χ1v) is 9.35. The van der Waals surface area contributed by atoms with Gasteiger partial charge >= 0.3 is 0 Å². The van der Waals surface area contributed by atoms with Gasteiger partial charge in [-0.15, -0.1) is 11.3 Å². The van der Waals surface area contributed by atoms with Crippen molar-refractivity contribution in [3.8, 4) is 10.6 Å². The minimum Gasteiger partial charge on any atom is -0.355 e. The molecule has 0 amide bonds. The molecule has 0 atom stereocenters. The van der Waals surface area contributed by atoms with Gasteiger partial charge in [-0.05, 0) is 37.6 Å². The Bertz CT molecular complexity index is 947. The number of benzene rings is 1. The third-order valence-corrected chi connectivity index (χ3v) is 6.21. The Balaban J connectivity index is 1.97. The van der Waals surface area contributed by atoms with Crippen LogP contribution in [0.4, 0.5) is 5.69 Å². The molecule has 23 heavy (non-hydrogen) atoms. The van der Waals surface area contributed by atoms with Crippen LogP contribution >= 0.6 is 22.9 Å².